The number of benzene rings is 3. The number of carbonyl (C=O) groups excluding carboxylic acids is 1. The average Bonchev–Trinajstić information content (AvgIpc) is 2.74. The van der Waals surface area contributed by atoms with E-state index in [-0.39, 0.29) is 18.0 Å². The number of sulfonamides is 1. The van der Waals surface area contributed by atoms with Gasteiger partial charge in [-0.3, -0.25) is 9.52 Å². The summed E-state index contributed by atoms with van der Waals surface area (Å²) in [5.41, 5.74) is 0.751. The zero-order chi connectivity index (χ0) is 22.5. The van der Waals surface area contributed by atoms with Gasteiger partial charge in [-0.2, -0.15) is 13.2 Å². The van der Waals surface area contributed by atoms with Gasteiger partial charge in [0.15, 0.2) is 0 Å². The van der Waals surface area contributed by atoms with Crippen molar-refractivity contribution in [2.75, 3.05) is 4.72 Å². The zero-order valence-corrected chi connectivity index (χ0v) is 17.0. The van der Waals surface area contributed by atoms with Crippen LogP contribution in [0, 0.1) is 0 Å². The Morgan fingerprint density at radius 1 is 0.839 bits per heavy atom. The van der Waals surface area contributed by atoms with Gasteiger partial charge in [0.05, 0.1) is 16.9 Å². The van der Waals surface area contributed by atoms with Crippen molar-refractivity contribution < 1.29 is 26.4 Å². The quantitative estimate of drug-likeness (QED) is 0.564. The molecule has 0 aliphatic heterocycles. The topological polar surface area (TPSA) is 75.3 Å². The summed E-state index contributed by atoms with van der Waals surface area (Å²) in [7, 11) is -4.20. The number of hydrogen-bond donors (Lipinski definition) is 2. The first-order chi connectivity index (χ1) is 14.6. The monoisotopic (exact) mass is 448 g/mol. The van der Waals surface area contributed by atoms with Crippen molar-refractivity contribution in [1.82, 2.24) is 5.32 Å². The van der Waals surface area contributed by atoms with Gasteiger partial charge in [-0.1, -0.05) is 48.5 Å². The Balaban J connectivity index is 1.61. The maximum absolute atomic E-state index is 12.8. The molecule has 0 aromatic heterocycles. The van der Waals surface area contributed by atoms with E-state index in [1.807, 2.05) is 30.3 Å². The van der Waals surface area contributed by atoms with E-state index >= 15 is 0 Å². The molecule has 0 aliphatic rings. The Labute approximate surface area is 178 Å². The van der Waals surface area contributed by atoms with Gasteiger partial charge in [0.2, 0.25) is 5.91 Å². The highest BCUT2D eigenvalue weighted by Crippen LogP contribution is 2.30. The van der Waals surface area contributed by atoms with Crippen molar-refractivity contribution in [3.63, 3.8) is 0 Å². The molecule has 0 saturated heterocycles. The van der Waals surface area contributed by atoms with Gasteiger partial charge in [0, 0.05) is 12.2 Å². The largest absolute Gasteiger partial charge is 0.416 e. The Kier molecular flexibility index (Phi) is 6.65. The summed E-state index contributed by atoms with van der Waals surface area (Å²) < 4.78 is 65.6. The van der Waals surface area contributed by atoms with Crippen molar-refractivity contribution in [3.8, 4) is 0 Å². The normalized spacial score (nSPS) is 11.7. The third-order valence-electron chi connectivity index (χ3n) is 4.38. The summed E-state index contributed by atoms with van der Waals surface area (Å²) in [6, 6.07) is 19.0. The van der Waals surface area contributed by atoms with Crippen molar-refractivity contribution in [2.24, 2.45) is 0 Å². The zero-order valence-electron chi connectivity index (χ0n) is 16.2. The second-order valence-corrected chi connectivity index (χ2v) is 8.45. The minimum Gasteiger partial charge on any atom is -0.352 e. The third-order valence-corrected chi connectivity index (χ3v) is 5.75. The molecule has 0 aliphatic carbocycles. The Morgan fingerprint density at radius 2 is 1.52 bits per heavy atom. The van der Waals surface area contributed by atoms with Crippen LogP contribution >= 0.6 is 0 Å². The van der Waals surface area contributed by atoms with Crippen LogP contribution in [-0.4, -0.2) is 14.3 Å². The predicted octanol–water partition coefficient (Wildman–Crippen LogP) is 4.37. The maximum Gasteiger partial charge on any atom is 0.416 e. The molecular formula is C22H19F3N2O3S. The summed E-state index contributed by atoms with van der Waals surface area (Å²) in [6.45, 7) is 0.397. The van der Waals surface area contributed by atoms with E-state index < -0.39 is 26.7 Å². The van der Waals surface area contributed by atoms with Crippen LogP contribution < -0.4 is 10.0 Å². The first-order valence-electron chi connectivity index (χ1n) is 9.23. The summed E-state index contributed by atoms with van der Waals surface area (Å²) in [6.07, 6.45) is -4.54. The van der Waals surface area contributed by atoms with Crippen molar-refractivity contribution >= 4 is 21.6 Å². The highest BCUT2D eigenvalue weighted by Gasteiger charge is 2.31. The molecule has 0 bridgehead atoms. The molecule has 2 N–H and O–H groups in total. The van der Waals surface area contributed by atoms with Crippen molar-refractivity contribution in [1.29, 1.82) is 0 Å². The van der Waals surface area contributed by atoms with Gasteiger partial charge < -0.3 is 5.32 Å². The first-order valence-corrected chi connectivity index (χ1v) is 10.7. The fourth-order valence-corrected chi connectivity index (χ4v) is 3.89. The van der Waals surface area contributed by atoms with Gasteiger partial charge >= 0.3 is 6.18 Å². The smallest absolute Gasteiger partial charge is 0.352 e. The second kappa shape index (κ2) is 9.22. The van der Waals surface area contributed by atoms with E-state index in [4.69, 9.17) is 0 Å². The fraction of sp³-hybridized carbons (Fsp3) is 0.136. The number of rotatable bonds is 7. The number of amides is 1. The highest BCUT2D eigenvalue weighted by molar-refractivity contribution is 7.92. The molecule has 0 fully saturated rings. The van der Waals surface area contributed by atoms with Gasteiger partial charge in [-0.25, -0.2) is 8.42 Å². The number of carbonyl (C=O) groups is 1. The number of nitrogens with one attached hydrogen (secondary N) is 2. The highest BCUT2D eigenvalue weighted by atomic mass is 32.2. The van der Waals surface area contributed by atoms with Crippen LogP contribution in [0.2, 0.25) is 0 Å². The molecule has 0 atom stereocenters. The number of anilines is 1. The molecule has 0 radical (unpaired) electrons. The van der Waals surface area contributed by atoms with Crippen LogP contribution in [0.1, 0.15) is 16.7 Å². The number of halogens is 3. The van der Waals surface area contributed by atoms with Crippen LogP contribution in [0.25, 0.3) is 0 Å². The van der Waals surface area contributed by atoms with Crippen LogP contribution in [0.4, 0.5) is 18.9 Å². The minimum absolute atomic E-state index is 0.105. The fourth-order valence-electron chi connectivity index (χ4n) is 2.79. The molecule has 0 spiro atoms. The molecule has 0 heterocycles. The lowest BCUT2D eigenvalue weighted by molar-refractivity contribution is -0.137. The summed E-state index contributed by atoms with van der Waals surface area (Å²) in [5.74, 6) is -0.193. The molecule has 5 nitrogen and oxygen atoms in total. The van der Waals surface area contributed by atoms with Crippen LogP contribution in [0.15, 0.2) is 83.8 Å². The van der Waals surface area contributed by atoms with Crippen molar-refractivity contribution in [2.45, 2.75) is 24.0 Å². The number of hydrogen-bond acceptors (Lipinski definition) is 3. The summed E-state index contributed by atoms with van der Waals surface area (Å²) in [4.78, 5) is 11.6. The Morgan fingerprint density at radius 3 is 2.16 bits per heavy atom. The van der Waals surface area contributed by atoms with Crippen LogP contribution in [-0.2, 0) is 34.0 Å². The molecule has 162 valence electrons. The lowest BCUT2D eigenvalue weighted by Gasteiger charge is -2.11. The Bertz CT molecular complexity index is 1150. The molecule has 3 rings (SSSR count). The molecule has 0 unspecified atom stereocenters. The standard InChI is InChI=1S/C22H19F3N2O3S/c23-22(24,25)18-7-4-8-20(14-18)31(29,30)27-19-11-9-16(10-12-19)13-21(28)26-15-17-5-2-1-3-6-17/h1-12,14,27H,13,15H2,(H,26,28). The molecule has 0 saturated carbocycles. The van der Waals surface area contributed by atoms with Gasteiger partial charge in [-0.15, -0.1) is 0 Å². The van der Waals surface area contributed by atoms with Crippen LogP contribution in [0.5, 0.6) is 0 Å². The maximum atomic E-state index is 12.8. The van der Waals surface area contributed by atoms with E-state index in [9.17, 15) is 26.4 Å². The third kappa shape index (κ3) is 6.32. The molecule has 31 heavy (non-hydrogen) atoms. The summed E-state index contributed by atoms with van der Waals surface area (Å²) in [5, 5.41) is 2.80. The lowest BCUT2D eigenvalue weighted by Crippen LogP contribution is -2.24. The van der Waals surface area contributed by atoms with E-state index in [1.165, 1.54) is 12.1 Å². The van der Waals surface area contributed by atoms with Gasteiger partial charge in [0.1, 0.15) is 0 Å². The Hall–Kier alpha value is -3.33. The van der Waals surface area contributed by atoms with E-state index in [2.05, 4.69) is 10.0 Å². The van der Waals surface area contributed by atoms with Gasteiger partial charge in [-0.05, 0) is 41.5 Å². The molecule has 3 aromatic carbocycles. The van der Waals surface area contributed by atoms with Crippen molar-refractivity contribution in [3.05, 3.63) is 95.6 Å². The number of alkyl halides is 3. The molecule has 1 amide bonds. The van der Waals surface area contributed by atoms with E-state index in [0.717, 1.165) is 23.8 Å². The molecular weight excluding hydrogens is 429 g/mol. The molecule has 9 heteroatoms. The molecule has 3 aromatic rings. The minimum atomic E-state index is -4.64. The van der Waals surface area contributed by atoms with Crippen LogP contribution in [0.3, 0.4) is 0 Å². The predicted molar refractivity (Wildman–Crippen MR) is 111 cm³/mol. The summed E-state index contributed by atoms with van der Waals surface area (Å²) >= 11 is 0. The van der Waals surface area contributed by atoms with E-state index in [1.54, 1.807) is 12.1 Å². The van der Waals surface area contributed by atoms with E-state index in [0.29, 0.717) is 18.2 Å². The van der Waals surface area contributed by atoms with Gasteiger partial charge in [0.25, 0.3) is 10.0 Å². The average molecular weight is 448 g/mol. The lowest BCUT2D eigenvalue weighted by atomic mass is 10.1. The first kappa shape index (κ1) is 22.4. The second-order valence-electron chi connectivity index (χ2n) is 6.77. The SMILES string of the molecule is O=C(Cc1ccc(NS(=O)(=O)c2cccc(C(F)(F)F)c2)cc1)NCc1ccccc1.